The molecule has 136 valence electrons. The molecule has 1 N–H and O–H groups in total. The first kappa shape index (κ1) is 16.0. The first-order valence-corrected chi connectivity index (χ1v) is 9.32. The molecule has 1 aliphatic heterocycles. The van der Waals surface area contributed by atoms with Crippen molar-refractivity contribution in [3.63, 3.8) is 0 Å². The summed E-state index contributed by atoms with van der Waals surface area (Å²) in [5, 5.41) is 8.33. The zero-order chi connectivity index (χ0) is 18.2. The number of nitrogens with zero attached hydrogens (tertiary/aromatic N) is 5. The van der Waals surface area contributed by atoms with Crippen molar-refractivity contribution >= 4 is 28.0 Å². The van der Waals surface area contributed by atoms with Gasteiger partial charge in [0.15, 0.2) is 0 Å². The van der Waals surface area contributed by atoms with Crippen LogP contribution in [0, 0.1) is 0 Å². The molecule has 4 aromatic rings. The van der Waals surface area contributed by atoms with Crippen molar-refractivity contribution in [1.82, 2.24) is 29.9 Å². The quantitative estimate of drug-likeness (QED) is 0.607. The van der Waals surface area contributed by atoms with Gasteiger partial charge in [-0.25, -0.2) is 9.67 Å². The number of carbonyl (C=O) groups excluding carboxylic acids is 1. The van der Waals surface area contributed by atoms with Crippen molar-refractivity contribution < 1.29 is 4.79 Å². The van der Waals surface area contributed by atoms with Crippen LogP contribution in [0.5, 0.6) is 0 Å². The summed E-state index contributed by atoms with van der Waals surface area (Å²) in [6, 6.07) is 15.8. The number of H-pyrrole nitrogens is 1. The molecule has 2 aromatic carbocycles. The minimum absolute atomic E-state index is 0.0254. The van der Waals surface area contributed by atoms with Gasteiger partial charge in [0, 0.05) is 13.0 Å². The molecular weight excluding hydrogens is 340 g/mol. The predicted octanol–water partition coefficient (Wildman–Crippen LogP) is 3.06. The number of para-hydroxylation sites is 3. The number of likely N-dealkylation sites (tertiary alicyclic amines) is 1. The maximum atomic E-state index is 12.9. The summed E-state index contributed by atoms with van der Waals surface area (Å²) in [6.45, 7) is 1.31. The highest BCUT2D eigenvalue weighted by molar-refractivity contribution is 5.78. The van der Waals surface area contributed by atoms with E-state index < -0.39 is 0 Å². The number of rotatable bonds is 4. The summed E-state index contributed by atoms with van der Waals surface area (Å²) < 4.78 is 1.81. The van der Waals surface area contributed by atoms with Crippen molar-refractivity contribution in [2.45, 2.75) is 31.8 Å². The lowest BCUT2D eigenvalue weighted by Crippen LogP contribution is -2.31. The van der Waals surface area contributed by atoms with Gasteiger partial charge in [-0.3, -0.25) is 4.79 Å². The smallest absolute Gasteiger partial charge is 0.225 e. The van der Waals surface area contributed by atoms with Gasteiger partial charge in [0.05, 0.1) is 29.1 Å². The van der Waals surface area contributed by atoms with Crippen LogP contribution in [0.2, 0.25) is 0 Å². The van der Waals surface area contributed by atoms with Crippen molar-refractivity contribution in [2.75, 3.05) is 6.54 Å². The van der Waals surface area contributed by atoms with Crippen LogP contribution in [-0.4, -0.2) is 42.3 Å². The molecule has 5 rings (SSSR count). The van der Waals surface area contributed by atoms with E-state index in [9.17, 15) is 4.79 Å². The highest BCUT2D eigenvalue weighted by Crippen LogP contribution is 2.32. The van der Waals surface area contributed by atoms with Crippen LogP contribution < -0.4 is 0 Å². The highest BCUT2D eigenvalue weighted by Gasteiger charge is 2.31. The Labute approximate surface area is 156 Å². The number of benzene rings is 2. The molecule has 1 fully saturated rings. The van der Waals surface area contributed by atoms with E-state index in [-0.39, 0.29) is 11.9 Å². The molecule has 0 radical (unpaired) electrons. The van der Waals surface area contributed by atoms with Crippen LogP contribution >= 0.6 is 0 Å². The predicted molar refractivity (Wildman–Crippen MR) is 102 cm³/mol. The van der Waals surface area contributed by atoms with E-state index in [0.29, 0.717) is 13.0 Å². The van der Waals surface area contributed by atoms with Crippen LogP contribution in [0.25, 0.3) is 22.1 Å². The molecule has 1 unspecified atom stereocenters. The van der Waals surface area contributed by atoms with Crippen molar-refractivity contribution in [1.29, 1.82) is 0 Å². The van der Waals surface area contributed by atoms with E-state index in [2.05, 4.69) is 15.3 Å². The average molecular weight is 360 g/mol. The zero-order valence-corrected chi connectivity index (χ0v) is 14.9. The van der Waals surface area contributed by atoms with Gasteiger partial charge in [0.1, 0.15) is 11.3 Å². The monoisotopic (exact) mass is 360 g/mol. The molecule has 0 aliphatic carbocycles. The molecule has 1 aliphatic rings. The van der Waals surface area contributed by atoms with Gasteiger partial charge in [-0.15, -0.1) is 5.10 Å². The summed E-state index contributed by atoms with van der Waals surface area (Å²) in [4.78, 5) is 22.9. The molecule has 7 heteroatoms. The number of amides is 1. The van der Waals surface area contributed by atoms with Gasteiger partial charge in [-0.2, -0.15) is 0 Å². The first-order chi connectivity index (χ1) is 13.3. The lowest BCUT2D eigenvalue weighted by molar-refractivity contribution is -0.132. The van der Waals surface area contributed by atoms with E-state index in [0.717, 1.165) is 47.3 Å². The third-order valence-electron chi connectivity index (χ3n) is 5.25. The number of aromatic nitrogens is 5. The van der Waals surface area contributed by atoms with E-state index in [4.69, 9.17) is 4.98 Å². The number of nitrogens with one attached hydrogen (secondary N) is 1. The number of hydrogen-bond donors (Lipinski definition) is 1. The van der Waals surface area contributed by atoms with Crippen LogP contribution in [0.4, 0.5) is 0 Å². The highest BCUT2D eigenvalue weighted by atomic mass is 16.2. The van der Waals surface area contributed by atoms with Gasteiger partial charge in [0.25, 0.3) is 0 Å². The molecule has 7 nitrogen and oxygen atoms in total. The number of imidazole rings is 1. The molecule has 3 heterocycles. The molecule has 0 spiro atoms. The van der Waals surface area contributed by atoms with E-state index in [1.54, 1.807) is 4.68 Å². The van der Waals surface area contributed by atoms with Gasteiger partial charge in [0.2, 0.25) is 5.91 Å². The Hall–Kier alpha value is -3.22. The maximum Gasteiger partial charge on any atom is 0.225 e. The Morgan fingerprint density at radius 3 is 2.81 bits per heavy atom. The van der Waals surface area contributed by atoms with Crippen LogP contribution in [0.1, 0.15) is 31.1 Å². The fourth-order valence-corrected chi connectivity index (χ4v) is 3.91. The summed E-state index contributed by atoms with van der Waals surface area (Å²) in [5.41, 5.74) is 3.77. The second-order valence-corrected chi connectivity index (χ2v) is 6.94. The van der Waals surface area contributed by atoms with E-state index >= 15 is 0 Å². The summed E-state index contributed by atoms with van der Waals surface area (Å²) in [5.74, 6) is 1.02. The summed E-state index contributed by atoms with van der Waals surface area (Å²) in [6.07, 6.45) is 2.35. The lowest BCUT2D eigenvalue weighted by Gasteiger charge is -2.23. The minimum Gasteiger partial charge on any atom is -0.340 e. The van der Waals surface area contributed by atoms with E-state index in [1.165, 1.54) is 0 Å². The van der Waals surface area contributed by atoms with Gasteiger partial charge in [-0.05, 0) is 37.1 Å². The SMILES string of the molecule is O=C(CCn1nnc2ccccc21)N1CCCC1c1nc2ccccc2[nH]1. The second kappa shape index (κ2) is 6.50. The van der Waals surface area contributed by atoms with Crippen LogP contribution in [0.15, 0.2) is 48.5 Å². The number of aryl methyl sites for hydroxylation is 1. The number of aromatic amines is 1. The minimum atomic E-state index is 0.0254. The number of carbonyl (C=O) groups is 1. The molecule has 0 saturated carbocycles. The second-order valence-electron chi connectivity index (χ2n) is 6.94. The van der Waals surface area contributed by atoms with Crippen molar-refractivity contribution in [2.24, 2.45) is 0 Å². The number of fused-ring (bicyclic) bond motifs is 2. The molecule has 2 aromatic heterocycles. The Balaban J connectivity index is 1.33. The average Bonchev–Trinajstić information content (AvgIpc) is 3.43. The van der Waals surface area contributed by atoms with Gasteiger partial charge >= 0.3 is 0 Å². The standard InChI is InChI=1S/C20H20N6O/c27-19(11-13-26-17-9-4-3-8-16(17)23-24-26)25-12-5-10-18(25)20-21-14-6-1-2-7-15(14)22-20/h1-4,6-9,18H,5,10-13H2,(H,21,22). The third-order valence-corrected chi connectivity index (χ3v) is 5.25. The van der Waals surface area contributed by atoms with Crippen molar-refractivity contribution in [3.05, 3.63) is 54.4 Å². The zero-order valence-electron chi connectivity index (χ0n) is 14.9. The first-order valence-electron chi connectivity index (χ1n) is 9.32. The maximum absolute atomic E-state index is 12.9. The summed E-state index contributed by atoms with van der Waals surface area (Å²) in [7, 11) is 0. The molecule has 0 bridgehead atoms. The fourth-order valence-electron chi connectivity index (χ4n) is 3.91. The van der Waals surface area contributed by atoms with E-state index in [1.807, 2.05) is 53.4 Å². The fraction of sp³-hybridized carbons (Fsp3) is 0.300. The number of hydrogen-bond acceptors (Lipinski definition) is 4. The van der Waals surface area contributed by atoms with Crippen LogP contribution in [0.3, 0.4) is 0 Å². The Morgan fingerprint density at radius 2 is 1.93 bits per heavy atom. The third kappa shape index (κ3) is 2.85. The largest absolute Gasteiger partial charge is 0.340 e. The van der Waals surface area contributed by atoms with Gasteiger partial charge in [-0.1, -0.05) is 29.5 Å². The molecule has 27 heavy (non-hydrogen) atoms. The summed E-state index contributed by atoms with van der Waals surface area (Å²) >= 11 is 0. The molecule has 1 saturated heterocycles. The Kier molecular flexibility index (Phi) is 3.85. The van der Waals surface area contributed by atoms with Gasteiger partial charge < -0.3 is 9.88 Å². The topological polar surface area (TPSA) is 79.7 Å². The molecule has 1 atom stereocenters. The lowest BCUT2D eigenvalue weighted by atomic mass is 10.2. The van der Waals surface area contributed by atoms with Crippen molar-refractivity contribution in [3.8, 4) is 0 Å². The van der Waals surface area contributed by atoms with Crippen LogP contribution in [-0.2, 0) is 11.3 Å². The normalized spacial score (nSPS) is 17.2. The Morgan fingerprint density at radius 1 is 1.11 bits per heavy atom. The Bertz CT molecular complexity index is 1080. The molecule has 1 amide bonds. The molecular formula is C20H20N6O.